The molecular weight excluding hydrogens is 332 g/mol. The van der Waals surface area contributed by atoms with Crippen LogP contribution in [0, 0.1) is 6.92 Å². The van der Waals surface area contributed by atoms with Crippen molar-refractivity contribution in [2.24, 2.45) is 0 Å². The molecule has 0 atom stereocenters. The van der Waals surface area contributed by atoms with Crippen LogP contribution in [0.5, 0.6) is 0 Å². The molecule has 0 radical (unpaired) electrons. The SMILES string of the molecule is Cc1c(Cl)cccc1C1(Nc2ccc3c(c2)NC(=O)C3(C)C)CCC1. The minimum atomic E-state index is -0.467. The van der Waals surface area contributed by atoms with Gasteiger partial charge in [0.25, 0.3) is 0 Å². The molecule has 4 rings (SSSR count). The van der Waals surface area contributed by atoms with Crippen LogP contribution in [0.25, 0.3) is 0 Å². The summed E-state index contributed by atoms with van der Waals surface area (Å²) < 4.78 is 0. The van der Waals surface area contributed by atoms with E-state index in [1.165, 1.54) is 12.0 Å². The fourth-order valence-electron chi connectivity index (χ4n) is 4.07. The van der Waals surface area contributed by atoms with E-state index in [0.717, 1.165) is 40.4 Å². The first kappa shape index (κ1) is 16.5. The molecule has 1 aliphatic heterocycles. The maximum absolute atomic E-state index is 12.2. The van der Waals surface area contributed by atoms with Gasteiger partial charge >= 0.3 is 0 Å². The van der Waals surface area contributed by atoms with Crippen molar-refractivity contribution in [3.63, 3.8) is 0 Å². The summed E-state index contributed by atoms with van der Waals surface area (Å²) in [5.41, 5.74) is 4.90. The molecular formula is C21H23ClN2O. The van der Waals surface area contributed by atoms with E-state index in [1.54, 1.807) is 0 Å². The number of nitrogens with one attached hydrogen (secondary N) is 2. The molecule has 1 aliphatic carbocycles. The standard InChI is InChI=1S/C21H23ClN2O/c1-13-15(6-4-7-17(13)22)21(10-5-11-21)24-14-8-9-16-18(12-14)23-19(25)20(16,2)3/h4,6-9,12,24H,5,10-11H2,1-3H3,(H,23,25). The second-order valence-corrected chi connectivity index (χ2v) is 8.22. The summed E-state index contributed by atoms with van der Waals surface area (Å²) in [5, 5.41) is 7.56. The van der Waals surface area contributed by atoms with Crippen molar-refractivity contribution in [2.75, 3.05) is 10.6 Å². The van der Waals surface area contributed by atoms with Gasteiger partial charge in [0.2, 0.25) is 5.91 Å². The summed E-state index contributed by atoms with van der Waals surface area (Å²) in [4.78, 5) is 12.2. The van der Waals surface area contributed by atoms with E-state index < -0.39 is 5.41 Å². The summed E-state index contributed by atoms with van der Waals surface area (Å²) in [5.74, 6) is 0.0590. The zero-order valence-corrected chi connectivity index (χ0v) is 15.6. The highest BCUT2D eigenvalue weighted by atomic mass is 35.5. The number of carbonyl (C=O) groups is 1. The van der Waals surface area contributed by atoms with Crippen molar-refractivity contribution in [2.45, 2.75) is 51.0 Å². The van der Waals surface area contributed by atoms with Crippen molar-refractivity contribution in [1.82, 2.24) is 0 Å². The molecule has 0 spiro atoms. The molecule has 1 amide bonds. The van der Waals surface area contributed by atoms with Crippen LogP contribution in [0.2, 0.25) is 5.02 Å². The molecule has 1 heterocycles. The van der Waals surface area contributed by atoms with Gasteiger partial charge in [-0.05, 0) is 74.9 Å². The molecule has 1 saturated carbocycles. The molecule has 130 valence electrons. The first-order valence-corrected chi connectivity index (χ1v) is 9.21. The van der Waals surface area contributed by atoms with Crippen LogP contribution >= 0.6 is 11.6 Å². The Hall–Kier alpha value is -2.00. The van der Waals surface area contributed by atoms with Crippen LogP contribution in [0.15, 0.2) is 36.4 Å². The number of halogens is 1. The van der Waals surface area contributed by atoms with Crippen LogP contribution in [0.1, 0.15) is 49.8 Å². The normalized spacial score (nSPS) is 19.8. The fourth-order valence-corrected chi connectivity index (χ4v) is 4.24. The summed E-state index contributed by atoms with van der Waals surface area (Å²) >= 11 is 6.35. The lowest BCUT2D eigenvalue weighted by molar-refractivity contribution is -0.119. The minimum Gasteiger partial charge on any atom is -0.375 e. The highest BCUT2D eigenvalue weighted by Crippen LogP contribution is 2.47. The fraction of sp³-hybridized carbons (Fsp3) is 0.381. The van der Waals surface area contributed by atoms with Crippen LogP contribution in [0.4, 0.5) is 11.4 Å². The number of anilines is 2. The summed E-state index contributed by atoms with van der Waals surface area (Å²) in [6.45, 7) is 6.01. The molecule has 2 aromatic carbocycles. The smallest absolute Gasteiger partial charge is 0.234 e. The number of benzene rings is 2. The van der Waals surface area contributed by atoms with E-state index in [1.807, 2.05) is 26.0 Å². The largest absolute Gasteiger partial charge is 0.375 e. The van der Waals surface area contributed by atoms with Gasteiger partial charge in [0.05, 0.1) is 11.0 Å². The number of rotatable bonds is 3. The molecule has 0 saturated heterocycles. The van der Waals surface area contributed by atoms with Crippen molar-refractivity contribution < 1.29 is 4.79 Å². The molecule has 2 aliphatic rings. The first-order valence-electron chi connectivity index (χ1n) is 8.83. The molecule has 2 aromatic rings. The number of carbonyl (C=O) groups excluding carboxylic acids is 1. The number of hydrogen-bond acceptors (Lipinski definition) is 2. The van der Waals surface area contributed by atoms with Crippen LogP contribution < -0.4 is 10.6 Å². The van der Waals surface area contributed by atoms with Gasteiger partial charge in [0.1, 0.15) is 0 Å². The molecule has 1 fully saturated rings. The lowest BCUT2D eigenvalue weighted by atomic mass is 9.70. The summed E-state index contributed by atoms with van der Waals surface area (Å²) in [6.07, 6.45) is 3.37. The Morgan fingerprint density at radius 2 is 1.88 bits per heavy atom. The predicted molar refractivity (Wildman–Crippen MR) is 103 cm³/mol. The monoisotopic (exact) mass is 354 g/mol. The van der Waals surface area contributed by atoms with Crippen LogP contribution in [0.3, 0.4) is 0 Å². The second kappa shape index (κ2) is 5.50. The highest BCUT2D eigenvalue weighted by Gasteiger charge is 2.41. The predicted octanol–water partition coefficient (Wildman–Crippen LogP) is 5.37. The van der Waals surface area contributed by atoms with E-state index in [0.29, 0.717) is 0 Å². The molecule has 3 nitrogen and oxygen atoms in total. The first-order chi connectivity index (χ1) is 11.8. The lowest BCUT2D eigenvalue weighted by Crippen LogP contribution is -2.42. The third-order valence-electron chi connectivity index (χ3n) is 5.88. The Labute approximate surface area is 153 Å². The van der Waals surface area contributed by atoms with Gasteiger partial charge < -0.3 is 10.6 Å². The van der Waals surface area contributed by atoms with Gasteiger partial charge in [0, 0.05) is 16.4 Å². The van der Waals surface area contributed by atoms with E-state index in [-0.39, 0.29) is 11.4 Å². The number of fused-ring (bicyclic) bond motifs is 1. The van der Waals surface area contributed by atoms with Gasteiger partial charge in [-0.15, -0.1) is 0 Å². The van der Waals surface area contributed by atoms with Crippen molar-refractivity contribution in [3.05, 3.63) is 58.1 Å². The third kappa shape index (κ3) is 2.44. The number of amides is 1. The van der Waals surface area contributed by atoms with E-state index >= 15 is 0 Å². The molecule has 0 bridgehead atoms. The lowest BCUT2D eigenvalue weighted by Gasteiger charge is -2.45. The van der Waals surface area contributed by atoms with Gasteiger partial charge in [-0.2, -0.15) is 0 Å². The van der Waals surface area contributed by atoms with Crippen molar-refractivity contribution in [1.29, 1.82) is 0 Å². The average Bonchev–Trinajstić information content (AvgIpc) is 2.75. The summed E-state index contributed by atoms with van der Waals surface area (Å²) in [6, 6.07) is 12.3. The minimum absolute atomic E-state index is 0.0590. The van der Waals surface area contributed by atoms with E-state index in [4.69, 9.17) is 11.6 Å². The Kier molecular flexibility index (Phi) is 3.62. The Balaban J connectivity index is 1.69. The Bertz CT molecular complexity index is 868. The number of hydrogen-bond donors (Lipinski definition) is 2. The summed E-state index contributed by atoms with van der Waals surface area (Å²) in [7, 11) is 0. The third-order valence-corrected chi connectivity index (χ3v) is 6.29. The van der Waals surface area contributed by atoms with Gasteiger partial charge in [-0.3, -0.25) is 4.79 Å². The van der Waals surface area contributed by atoms with Crippen molar-refractivity contribution in [3.8, 4) is 0 Å². The topological polar surface area (TPSA) is 41.1 Å². The van der Waals surface area contributed by atoms with Crippen LogP contribution in [-0.4, -0.2) is 5.91 Å². The molecule has 0 aromatic heterocycles. The van der Waals surface area contributed by atoms with Crippen LogP contribution in [-0.2, 0) is 15.7 Å². The second-order valence-electron chi connectivity index (χ2n) is 7.81. The van der Waals surface area contributed by atoms with Crippen molar-refractivity contribution >= 4 is 28.9 Å². The molecule has 25 heavy (non-hydrogen) atoms. The van der Waals surface area contributed by atoms with Gasteiger partial charge in [-0.25, -0.2) is 0 Å². The average molecular weight is 355 g/mol. The molecule has 0 unspecified atom stereocenters. The van der Waals surface area contributed by atoms with Gasteiger partial charge in [0.15, 0.2) is 0 Å². The zero-order chi connectivity index (χ0) is 17.8. The Morgan fingerprint density at radius 1 is 1.12 bits per heavy atom. The molecule has 2 N–H and O–H groups in total. The quantitative estimate of drug-likeness (QED) is 0.778. The van der Waals surface area contributed by atoms with Gasteiger partial charge in [-0.1, -0.05) is 29.8 Å². The molecule has 4 heteroatoms. The Morgan fingerprint density at radius 3 is 2.56 bits per heavy atom. The van der Waals surface area contributed by atoms with E-state index in [9.17, 15) is 4.79 Å². The maximum atomic E-state index is 12.2. The zero-order valence-electron chi connectivity index (χ0n) is 14.9. The maximum Gasteiger partial charge on any atom is 0.234 e. The van der Waals surface area contributed by atoms with E-state index in [2.05, 4.69) is 41.8 Å². The highest BCUT2D eigenvalue weighted by molar-refractivity contribution is 6.31.